The molecule has 2 aromatic rings. The lowest BCUT2D eigenvalue weighted by Crippen LogP contribution is -1.97. The summed E-state index contributed by atoms with van der Waals surface area (Å²) in [5, 5.41) is 3.75. The molecule has 0 fully saturated rings. The van der Waals surface area contributed by atoms with Crippen LogP contribution in [0.15, 0.2) is 27.2 Å². The van der Waals surface area contributed by atoms with Crippen molar-refractivity contribution in [2.24, 2.45) is 5.73 Å². The highest BCUT2D eigenvalue weighted by Crippen LogP contribution is 2.29. The third kappa shape index (κ3) is 1.93. The lowest BCUT2D eigenvalue weighted by atomic mass is 10.1. The van der Waals surface area contributed by atoms with Crippen molar-refractivity contribution in [3.8, 4) is 11.5 Å². The normalized spacial score (nSPS) is 10.6. The van der Waals surface area contributed by atoms with Gasteiger partial charge in [-0.25, -0.2) is 0 Å². The molecule has 4 nitrogen and oxygen atoms in total. The molecule has 2 rings (SSSR count). The zero-order chi connectivity index (χ0) is 10.8. The summed E-state index contributed by atoms with van der Waals surface area (Å²) < 4.78 is 6.08. The maximum Gasteiger partial charge on any atom is 0.259 e. The molecular weight excluding hydrogens is 258 g/mol. The first-order valence-electron chi connectivity index (χ1n) is 4.50. The number of hydrogen-bond acceptors (Lipinski definition) is 4. The van der Waals surface area contributed by atoms with Gasteiger partial charge < -0.3 is 10.3 Å². The first-order valence-corrected chi connectivity index (χ1v) is 5.30. The van der Waals surface area contributed by atoms with Crippen LogP contribution >= 0.6 is 15.9 Å². The Hall–Kier alpha value is -1.20. The highest BCUT2D eigenvalue weighted by Gasteiger charge is 2.11. The van der Waals surface area contributed by atoms with Crippen molar-refractivity contribution in [2.75, 3.05) is 0 Å². The van der Waals surface area contributed by atoms with Crippen molar-refractivity contribution >= 4 is 15.9 Å². The van der Waals surface area contributed by atoms with Crippen molar-refractivity contribution in [1.29, 1.82) is 0 Å². The number of aryl methyl sites for hydroxylation is 1. The Morgan fingerprint density at radius 1 is 1.47 bits per heavy atom. The summed E-state index contributed by atoms with van der Waals surface area (Å²) in [4.78, 5) is 4.17. The van der Waals surface area contributed by atoms with Gasteiger partial charge in [0.25, 0.3) is 5.89 Å². The van der Waals surface area contributed by atoms with Crippen LogP contribution in [0.3, 0.4) is 0 Å². The minimum atomic E-state index is 0.285. The van der Waals surface area contributed by atoms with Crippen molar-refractivity contribution < 1.29 is 4.52 Å². The molecule has 1 aromatic heterocycles. The number of aromatic nitrogens is 2. The molecular formula is C10H10BrN3O. The zero-order valence-electron chi connectivity index (χ0n) is 8.20. The zero-order valence-corrected chi connectivity index (χ0v) is 9.78. The highest BCUT2D eigenvalue weighted by atomic mass is 79.9. The first kappa shape index (κ1) is 10.3. The topological polar surface area (TPSA) is 64.9 Å². The fourth-order valence-electron chi connectivity index (χ4n) is 1.26. The highest BCUT2D eigenvalue weighted by molar-refractivity contribution is 9.10. The van der Waals surface area contributed by atoms with Crippen molar-refractivity contribution in [2.45, 2.75) is 13.5 Å². The van der Waals surface area contributed by atoms with Crippen molar-refractivity contribution in [3.63, 3.8) is 0 Å². The molecule has 0 bridgehead atoms. The fourth-order valence-corrected chi connectivity index (χ4v) is 1.69. The van der Waals surface area contributed by atoms with Crippen LogP contribution in [-0.4, -0.2) is 10.1 Å². The summed E-state index contributed by atoms with van der Waals surface area (Å²) in [6, 6.07) is 5.88. The quantitative estimate of drug-likeness (QED) is 0.907. The van der Waals surface area contributed by atoms with E-state index in [0.717, 1.165) is 15.6 Å². The molecule has 0 atom stereocenters. The summed E-state index contributed by atoms with van der Waals surface area (Å²) in [6.07, 6.45) is 0. The molecule has 5 heteroatoms. The number of halogens is 1. The number of benzene rings is 1. The Labute approximate surface area is 95.6 Å². The maximum absolute atomic E-state index is 5.41. The van der Waals surface area contributed by atoms with Gasteiger partial charge in [0, 0.05) is 4.47 Å². The van der Waals surface area contributed by atoms with Gasteiger partial charge in [0.1, 0.15) is 0 Å². The summed E-state index contributed by atoms with van der Waals surface area (Å²) in [6.45, 7) is 2.29. The first-order chi connectivity index (χ1) is 7.22. The lowest BCUT2D eigenvalue weighted by Gasteiger charge is -2.01. The standard InChI is InChI=1S/C10H10BrN3O/c1-6-3-2-4-7(9(6)11)10-13-8(5-12)14-15-10/h2-4H,5,12H2,1H3. The third-order valence-electron chi connectivity index (χ3n) is 2.07. The van der Waals surface area contributed by atoms with E-state index in [-0.39, 0.29) is 6.54 Å². The van der Waals surface area contributed by atoms with E-state index < -0.39 is 0 Å². The average Bonchev–Trinajstić information content (AvgIpc) is 2.70. The lowest BCUT2D eigenvalue weighted by molar-refractivity contribution is 0.422. The molecule has 0 radical (unpaired) electrons. The maximum atomic E-state index is 5.41. The van der Waals surface area contributed by atoms with Crippen LogP contribution in [0.4, 0.5) is 0 Å². The Bertz CT molecular complexity index is 481. The average molecular weight is 268 g/mol. The monoisotopic (exact) mass is 267 g/mol. The Morgan fingerprint density at radius 3 is 2.93 bits per heavy atom. The predicted octanol–water partition coefficient (Wildman–Crippen LogP) is 2.27. The smallest absolute Gasteiger partial charge is 0.259 e. The van der Waals surface area contributed by atoms with Gasteiger partial charge in [-0.05, 0) is 34.5 Å². The van der Waals surface area contributed by atoms with E-state index in [2.05, 4.69) is 26.1 Å². The molecule has 1 heterocycles. The number of nitrogens with zero attached hydrogens (tertiary/aromatic N) is 2. The fraction of sp³-hybridized carbons (Fsp3) is 0.200. The molecule has 0 aliphatic heterocycles. The Balaban J connectivity index is 2.49. The predicted molar refractivity (Wildman–Crippen MR) is 60.1 cm³/mol. The van der Waals surface area contributed by atoms with Gasteiger partial charge in [0.15, 0.2) is 5.82 Å². The van der Waals surface area contributed by atoms with Crippen molar-refractivity contribution in [1.82, 2.24) is 10.1 Å². The third-order valence-corrected chi connectivity index (χ3v) is 3.13. The van der Waals surface area contributed by atoms with E-state index in [1.54, 1.807) is 0 Å². The van der Waals surface area contributed by atoms with Gasteiger partial charge in [0.05, 0.1) is 12.1 Å². The molecule has 2 N–H and O–H groups in total. The second-order valence-electron chi connectivity index (χ2n) is 3.16. The van der Waals surface area contributed by atoms with Crippen LogP contribution in [0.5, 0.6) is 0 Å². The van der Waals surface area contributed by atoms with Crippen LogP contribution in [0.1, 0.15) is 11.4 Å². The van der Waals surface area contributed by atoms with E-state index in [1.807, 2.05) is 25.1 Å². The molecule has 0 aliphatic carbocycles. The molecule has 0 aliphatic rings. The van der Waals surface area contributed by atoms with Gasteiger partial charge >= 0.3 is 0 Å². The van der Waals surface area contributed by atoms with Crippen LogP contribution in [0, 0.1) is 6.92 Å². The molecule has 0 amide bonds. The van der Waals surface area contributed by atoms with E-state index in [9.17, 15) is 0 Å². The second kappa shape index (κ2) is 4.12. The minimum Gasteiger partial charge on any atom is -0.334 e. The molecule has 78 valence electrons. The Morgan fingerprint density at radius 2 is 2.27 bits per heavy atom. The number of nitrogens with two attached hydrogens (primary N) is 1. The molecule has 0 unspecified atom stereocenters. The molecule has 15 heavy (non-hydrogen) atoms. The van der Waals surface area contributed by atoms with Crippen molar-refractivity contribution in [3.05, 3.63) is 34.1 Å². The van der Waals surface area contributed by atoms with Gasteiger partial charge in [-0.2, -0.15) is 4.98 Å². The van der Waals surface area contributed by atoms with Crippen LogP contribution in [-0.2, 0) is 6.54 Å². The molecule has 1 aromatic carbocycles. The summed E-state index contributed by atoms with van der Waals surface area (Å²) in [5.41, 5.74) is 7.43. The van der Waals surface area contributed by atoms with Gasteiger partial charge in [-0.1, -0.05) is 17.3 Å². The summed E-state index contributed by atoms with van der Waals surface area (Å²) in [5.74, 6) is 1.00. The largest absolute Gasteiger partial charge is 0.334 e. The second-order valence-corrected chi connectivity index (χ2v) is 3.95. The molecule has 0 spiro atoms. The number of hydrogen-bond donors (Lipinski definition) is 1. The SMILES string of the molecule is Cc1cccc(-c2nc(CN)no2)c1Br. The van der Waals surface area contributed by atoms with E-state index in [0.29, 0.717) is 11.7 Å². The van der Waals surface area contributed by atoms with Gasteiger partial charge in [-0.15, -0.1) is 0 Å². The van der Waals surface area contributed by atoms with E-state index in [4.69, 9.17) is 10.3 Å². The molecule has 0 saturated heterocycles. The van der Waals surface area contributed by atoms with Gasteiger partial charge in [0.2, 0.25) is 0 Å². The Kier molecular flexibility index (Phi) is 2.83. The van der Waals surface area contributed by atoms with Gasteiger partial charge in [-0.3, -0.25) is 0 Å². The van der Waals surface area contributed by atoms with E-state index in [1.165, 1.54) is 0 Å². The van der Waals surface area contributed by atoms with E-state index >= 15 is 0 Å². The summed E-state index contributed by atoms with van der Waals surface area (Å²) in [7, 11) is 0. The van der Waals surface area contributed by atoms with Crippen LogP contribution in [0.2, 0.25) is 0 Å². The molecule has 0 saturated carbocycles. The summed E-state index contributed by atoms with van der Waals surface area (Å²) >= 11 is 3.49. The number of rotatable bonds is 2. The van der Waals surface area contributed by atoms with Crippen LogP contribution < -0.4 is 5.73 Å². The minimum absolute atomic E-state index is 0.285. The van der Waals surface area contributed by atoms with Crippen LogP contribution in [0.25, 0.3) is 11.5 Å².